The van der Waals surface area contributed by atoms with Crippen molar-refractivity contribution in [2.24, 2.45) is 0 Å². The van der Waals surface area contributed by atoms with Gasteiger partial charge in [-0.15, -0.1) is 0 Å². The number of aliphatic carboxylic acids is 3. The number of nitrogens with zero attached hydrogens (tertiary/aromatic N) is 4. The van der Waals surface area contributed by atoms with Crippen molar-refractivity contribution in [1.82, 2.24) is 24.9 Å². The second kappa shape index (κ2) is 20.1. The maximum atomic E-state index is 12.0. The third-order valence-corrected chi connectivity index (χ3v) is 8.89. The van der Waals surface area contributed by atoms with Crippen LogP contribution < -0.4 is 10.6 Å². The molecule has 46 heavy (non-hydrogen) atoms. The van der Waals surface area contributed by atoms with E-state index in [1.54, 1.807) is 9.80 Å². The molecule has 1 saturated heterocycles. The summed E-state index contributed by atoms with van der Waals surface area (Å²) >= 11 is 5.60. The summed E-state index contributed by atoms with van der Waals surface area (Å²) in [5, 5.41) is 36.1. The second-order valence-electron chi connectivity index (χ2n) is 12.3. The number of anilines is 1. The lowest BCUT2D eigenvalue weighted by atomic mass is 9.97. The van der Waals surface area contributed by atoms with E-state index in [1.165, 1.54) is 32.1 Å². The van der Waals surface area contributed by atoms with Crippen molar-refractivity contribution in [3.05, 3.63) is 29.8 Å². The predicted molar refractivity (Wildman–Crippen MR) is 179 cm³/mol. The van der Waals surface area contributed by atoms with Crippen molar-refractivity contribution >= 4 is 47.2 Å². The third kappa shape index (κ3) is 14.5. The van der Waals surface area contributed by atoms with Crippen LogP contribution >= 0.6 is 12.2 Å². The Balaban J connectivity index is 1.76. The van der Waals surface area contributed by atoms with Gasteiger partial charge in [-0.25, -0.2) is 0 Å². The van der Waals surface area contributed by atoms with Gasteiger partial charge in [-0.05, 0) is 49.2 Å². The fourth-order valence-electron chi connectivity index (χ4n) is 6.24. The third-order valence-electron chi connectivity index (χ3n) is 8.67. The summed E-state index contributed by atoms with van der Waals surface area (Å²) in [5.74, 6) is -3.00. The highest BCUT2D eigenvalue weighted by Crippen LogP contribution is 2.19. The smallest absolute Gasteiger partial charge is 0.317 e. The van der Waals surface area contributed by atoms with E-state index in [2.05, 4.69) is 10.6 Å². The molecule has 256 valence electrons. The van der Waals surface area contributed by atoms with E-state index >= 15 is 0 Å². The first-order valence-electron chi connectivity index (χ1n) is 16.3. The SMILES string of the molecule is O=CCN1CCN(CC(=O)O)CCN(CC(=O)O)CCN(CC(=O)O)C(Cc2ccc(NC(=S)NC3CCCCCCC3)cc2)C1. The van der Waals surface area contributed by atoms with Gasteiger partial charge in [0.1, 0.15) is 6.29 Å². The van der Waals surface area contributed by atoms with Crippen molar-refractivity contribution in [2.75, 3.05) is 77.3 Å². The Morgan fingerprint density at radius 1 is 0.761 bits per heavy atom. The monoisotopic (exact) mass is 662 g/mol. The van der Waals surface area contributed by atoms with Crippen LogP contribution in [0.15, 0.2) is 24.3 Å². The molecule has 0 bridgehead atoms. The highest BCUT2D eigenvalue weighted by atomic mass is 32.1. The molecule has 0 aromatic heterocycles. The van der Waals surface area contributed by atoms with Gasteiger partial charge in [-0.2, -0.15) is 0 Å². The lowest BCUT2D eigenvalue weighted by Gasteiger charge is -2.37. The zero-order valence-corrected chi connectivity index (χ0v) is 27.5. The minimum Gasteiger partial charge on any atom is -0.480 e. The van der Waals surface area contributed by atoms with Crippen LogP contribution in [0.1, 0.15) is 50.5 Å². The number of hydrogen-bond acceptors (Lipinski definition) is 9. The Morgan fingerprint density at radius 3 is 1.83 bits per heavy atom. The minimum absolute atomic E-state index is 0.123. The fraction of sp³-hybridized carbons (Fsp3) is 0.656. The van der Waals surface area contributed by atoms with Gasteiger partial charge in [0.15, 0.2) is 5.11 Å². The second-order valence-corrected chi connectivity index (χ2v) is 12.7. The average molecular weight is 663 g/mol. The number of carboxylic acids is 3. The molecular weight excluding hydrogens is 612 g/mol. The van der Waals surface area contributed by atoms with E-state index < -0.39 is 17.9 Å². The average Bonchev–Trinajstić information content (AvgIpc) is 2.97. The summed E-state index contributed by atoms with van der Waals surface area (Å²) in [7, 11) is 0. The molecule has 14 heteroatoms. The van der Waals surface area contributed by atoms with E-state index in [9.17, 15) is 34.5 Å². The topological polar surface area (TPSA) is 166 Å². The highest BCUT2D eigenvalue weighted by molar-refractivity contribution is 7.80. The van der Waals surface area contributed by atoms with Crippen LogP contribution in [0.3, 0.4) is 0 Å². The molecule has 3 rings (SSSR count). The molecule has 5 N–H and O–H groups in total. The normalized spacial score (nSPS) is 20.7. The molecule has 1 unspecified atom stereocenters. The van der Waals surface area contributed by atoms with Crippen LogP contribution in [-0.2, 0) is 25.6 Å². The van der Waals surface area contributed by atoms with Crippen LogP contribution in [0.25, 0.3) is 0 Å². The van der Waals surface area contributed by atoms with Crippen molar-refractivity contribution in [3.8, 4) is 0 Å². The van der Waals surface area contributed by atoms with Crippen LogP contribution in [0.2, 0.25) is 0 Å². The summed E-state index contributed by atoms with van der Waals surface area (Å²) in [5.41, 5.74) is 1.82. The van der Waals surface area contributed by atoms with Gasteiger partial charge in [0, 0.05) is 63.6 Å². The first-order chi connectivity index (χ1) is 22.1. The molecule has 1 heterocycles. The van der Waals surface area contributed by atoms with E-state index in [0.29, 0.717) is 63.4 Å². The van der Waals surface area contributed by atoms with Gasteiger partial charge < -0.3 is 30.7 Å². The van der Waals surface area contributed by atoms with Crippen molar-refractivity contribution < 1.29 is 34.5 Å². The number of hydrogen-bond donors (Lipinski definition) is 5. The number of thiocarbonyl (C=S) groups is 1. The first-order valence-corrected chi connectivity index (χ1v) is 16.7. The van der Waals surface area contributed by atoms with Gasteiger partial charge in [-0.1, -0.05) is 44.2 Å². The number of nitrogens with one attached hydrogen (secondary N) is 2. The van der Waals surface area contributed by atoms with E-state index in [-0.39, 0.29) is 32.2 Å². The molecule has 1 aliphatic carbocycles. The molecule has 1 aromatic carbocycles. The Hall–Kier alpha value is -3.17. The number of carbonyl (C=O) groups is 4. The number of benzene rings is 1. The van der Waals surface area contributed by atoms with E-state index in [0.717, 1.165) is 30.4 Å². The maximum absolute atomic E-state index is 12.0. The van der Waals surface area contributed by atoms with Gasteiger partial charge in [0.05, 0.1) is 26.2 Å². The van der Waals surface area contributed by atoms with Gasteiger partial charge in [0.2, 0.25) is 0 Å². The standard InChI is InChI=1S/C32H50N6O7S/c39-19-18-37-15-14-35(22-29(40)41)12-13-36(23-30(42)43)16-17-38(24-31(44)45)28(21-37)20-25-8-10-27(11-9-25)34-32(46)33-26-6-4-2-1-3-5-7-26/h8-11,19,26,28H,1-7,12-18,20-24H2,(H,40,41)(H,42,43)(H,44,45)(H2,33,34,46). The molecule has 13 nitrogen and oxygen atoms in total. The summed E-state index contributed by atoms with van der Waals surface area (Å²) < 4.78 is 0. The molecule has 2 fully saturated rings. The van der Waals surface area contributed by atoms with E-state index in [1.807, 2.05) is 34.1 Å². The van der Waals surface area contributed by atoms with Gasteiger partial charge in [0.25, 0.3) is 0 Å². The molecule has 0 spiro atoms. The molecule has 1 atom stereocenters. The quantitative estimate of drug-likeness (QED) is 0.162. The van der Waals surface area contributed by atoms with Crippen molar-refractivity contribution in [3.63, 3.8) is 0 Å². The maximum Gasteiger partial charge on any atom is 0.317 e. The number of carbonyl (C=O) groups excluding carboxylic acids is 1. The Kier molecular flexibility index (Phi) is 16.3. The highest BCUT2D eigenvalue weighted by Gasteiger charge is 2.26. The summed E-state index contributed by atoms with van der Waals surface area (Å²) in [4.78, 5) is 53.9. The Bertz CT molecular complexity index is 1130. The molecular formula is C32H50N6O7S. The van der Waals surface area contributed by atoms with Gasteiger partial charge in [-0.3, -0.25) is 34.0 Å². The van der Waals surface area contributed by atoms with Crippen molar-refractivity contribution in [2.45, 2.75) is 63.5 Å². The van der Waals surface area contributed by atoms with Crippen LogP contribution in [-0.4, -0.2) is 148 Å². The lowest BCUT2D eigenvalue weighted by Crippen LogP contribution is -2.53. The Labute approximate surface area is 276 Å². The Morgan fingerprint density at radius 2 is 1.28 bits per heavy atom. The van der Waals surface area contributed by atoms with E-state index in [4.69, 9.17) is 12.2 Å². The van der Waals surface area contributed by atoms with Crippen LogP contribution in [0, 0.1) is 0 Å². The molecule has 1 aromatic rings. The molecule has 2 aliphatic rings. The van der Waals surface area contributed by atoms with Crippen LogP contribution in [0.4, 0.5) is 5.69 Å². The summed E-state index contributed by atoms with van der Waals surface area (Å²) in [6, 6.07) is 7.91. The lowest BCUT2D eigenvalue weighted by molar-refractivity contribution is -0.141. The molecule has 0 radical (unpaired) electrons. The van der Waals surface area contributed by atoms with Gasteiger partial charge >= 0.3 is 17.9 Å². The van der Waals surface area contributed by atoms with Crippen LogP contribution in [0.5, 0.6) is 0 Å². The fourth-order valence-corrected chi connectivity index (χ4v) is 6.53. The molecule has 1 saturated carbocycles. The van der Waals surface area contributed by atoms with Crippen molar-refractivity contribution in [1.29, 1.82) is 0 Å². The minimum atomic E-state index is -1.01. The zero-order chi connectivity index (χ0) is 33.3. The zero-order valence-electron chi connectivity index (χ0n) is 26.6. The number of rotatable bonds is 12. The molecule has 1 aliphatic heterocycles. The predicted octanol–water partition coefficient (Wildman–Crippen LogP) is 1.67. The summed E-state index contributed by atoms with van der Waals surface area (Å²) in [6.45, 7) is 1.80. The summed E-state index contributed by atoms with van der Waals surface area (Å²) in [6.07, 6.45) is 9.77. The first kappa shape index (κ1) is 37.3. The number of aldehydes is 1. The largest absolute Gasteiger partial charge is 0.480 e. The number of carboxylic acid groups (broad SMARTS) is 3. The molecule has 0 amide bonds.